The third-order valence-electron chi connectivity index (χ3n) is 5.50. The molecule has 0 atom stereocenters. The van der Waals surface area contributed by atoms with E-state index in [4.69, 9.17) is 11.6 Å². The highest BCUT2D eigenvalue weighted by Crippen LogP contribution is 2.25. The molecular formula is C26H19ClFN5O. The van der Waals surface area contributed by atoms with Gasteiger partial charge in [0.1, 0.15) is 5.82 Å². The molecule has 0 aliphatic heterocycles. The average Bonchev–Trinajstić information content (AvgIpc) is 3.37. The highest BCUT2D eigenvalue weighted by atomic mass is 35.5. The van der Waals surface area contributed by atoms with Crippen molar-refractivity contribution in [2.45, 2.75) is 13.0 Å². The lowest BCUT2D eigenvalue weighted by Crippen LogP contribution is -2.32. The minimum absolute atomic E-state index is 0.0402. The van der Waals surface area contributed by atoms with Crippen molar-refractivity contribution in [2.24, 2.45) is 0 Å². The maximum Gasteiger partial charge on any atom is 0.233 e. The van der Waals surface area contributed by atoms with E-state index in [9.17, 15) is 9.18 Å². The lowest BCUT2D eigenvalue weighted by molar-refractivity contribution is -0.118. The fourth-order valence-electron chi connectivity index (χ4n) is 3.89. The number of carbonyl (C=O) groups excluding carboxylic acids is 1. The minimum Gasteiger partial charge on any atom is -0.351 e. The number of nitrogens with one attached hydrogen (secondary N) is 1. The number of nitrogens with zero attached hydrogens (tertiary/aromatic N) is 4. The zero-order valence-electron chi connectivity index (χ0n) is 18.0. The summed E-state index contributed by atoms with van der Waals surface area (Å²) in [4.78, 5) is 22.4. The molecule has 0 fully saturated rings. The van der Waals surface area contributed by atoms with E-state index in [1.165, 1.54) is 12.1 Å². The van der Waals surface area contributed by atoms with Crippen molar-refractivity contribution in [1.29, 1.82) is 0 Å². The van der Waals surface area contributed by atoms with Gasteiger partial charge in [-0.25, -0.2) is 9.37 Å². The predicted octanol–water partition coefficient (Wildman–Crippen LogP) is 5.59. The van der Waals surface area contributed by atoms with Gasteiger partial charge in [0, 0.05) is 33.2 Å². The second-order valence-electron chi connectivity index (χ2n) is 7.81. The molecule has 0 aliphatic carbocycles. The number of aromatic amines is 1. The van der Waals surface area contributed by atoms with Crippen LogP contribution in [0.1, 0.15) is 11.3 Å². The van der Waals surface area contributed by atoms with Gasteiger partial charge >= 0.3 is 0 Å². The number of H-pyrrole nitrogens is 1. The van der Waals surface area contributed by atoms with Crippen molar-refractivity contribution in [3.63, 3.8) is 0 Å². The summed E-state index contributed by atoms with van der Waals surface area (Å²) >= 11 is 6.06. The van der Waals surface area contributed by atoms with E-state index in [1.807, 2.05) is 48.5 Å². The molecule has 0 saturated heterocycles. The first kappa shape index (κ1) is 21.7. The Morgan fingerprint density at radius 1 is 1.06 bits per heavy atom. The van der Waals surface area contributed by atoms with E-state index in [-0.39, 0.29) is 23.9 Å². The van der Waals surface area contributed by atoms with E-state index in [2.05, 4.69) is 20.2 Å². The zero-order chi connectivity index (χ0) is 23.5. The van der Waals surface area contributed by atoms with Crippen molar-refractivity contribution in [3.8, 4) is 11.3 Å². The van der Waals surface area contributed by atoms with Gasteiger partial charge in [0.15, 0.2) is 0 Å². The molecule has 5 rings (SSSR count). The normalized spacial score (nSPS) is 11.0. The smallest absolute Gasteiger partial charge is 0.233 e. The van der Waals surface area contributed by atoms with Crippen LogP contribution in [0.25, 0.3) is 22.0 Å². The van der Waals surface area contributed by atoms with E-state index in [1.54, 1.807) is 29.7 Å². The first-order chi connectivity index (χ1) is 16.6. The summed E-state index contributed by atoms with van der Waals surface area (Å²) < 4.78 is 14.0. The lowest BCUT2D eigenvalue weighted by Gasteiger charge is -2.23. The molecule has 2 aromatic heterocycles. The van der Waals surface area contributed by atoms with Crippen molar-refractivity contribution in [3.05, 3.63) is 108 Å². The molecule has 0 radical (unpaired) electrons. The average molecular weight is 472 g/mol. The van der Waals surface area contributed by atoms with E-state index < -0.39 is 5.82 Å². The van der Waals surface area contributed by atoms with Gasteiger partial charge in [0.2, 0.25) is 5.91 Å². The molecule has 0 spiro atoms. The lowest BCUT2D eigenvalue weighted by atomic mass is 10.1. The Kier molecular flexibility index (Phi) is 6.01. The Balaban J connectivity index is 1.49. The van der Waals surface area contributed by atoms with Crippen LogP contribution in [0.3, 0.4) is 0 Å². The number of carbonyl (C=O) groups is 1. The number of halogens is 2. The van der Waals surface area contributed by atoms with Crippen molar-refractivity contribution < 1.29 is 9.18 Å². The summed E-state index contributed by atoms with van der Waals surface area (Å²) in [5.41, 5.74) is 3.54. The van der Waals surface area contributed by atoms with Gasteiger partial charge in [-0.1, -0.05) is 48.0 Å². The maximum absolute atomic E-state index is 14.0. The fraction of sp³-hybridized carbons (Fsp3) is 0.0769. The minimum atomic E-state index is -0.455. The topological polar surface area (TPSA) is 74.8 Å². The maximum atomic E-state index is 14.0. The molecule has 2 heterocycles. The number of anilines is 1. The number of benzene rings is 3. The first-order valence-corrected chi connectivity index (χ1v) is 11.0. The van der Waals surface area contributed by atoms with Crippen LogP contribution in [0.4, 0.5) is 10.1 Å². The third kappa shape index (κ3) is 4.65. The fourth-order valence-corrected chi connectivity index (χ4v) is 4.14. The number of aromatic nitrogens is 4. The molecule has 168 valence electrons. The molecular weight excluding hydrogens is 453 g/mol. The van der Waals surface area contributed by atoms with Crippen LogP contribution >= 0.6 is 11.6 Å². The van der Waals surface area contributed by atoms with Crippen LogP contribution in [0, 0.1) is 5.82 Å². The highest BCUT2D eigenvalue weighted by molar-refractivity contribution is 6.30. The Bertz CT molecular complexity index is 1430. The Labute approximate surface area is 200 Å². The zero-order valence-corrected chi connectivity index (χ0v) is 18.7. The second-order valence-corrected chi connectivity index (χ2v) is 8.25. The van der Waals surface area contributed by atoms with Crippen LogP contribution in [-0.4, -0.2) is 26.1 Å². The van der Waals surface area contributed by atoms with Crippen molar-refractivity contribution in [1.82, 2.24) is 20.2 Å². The van der Waals surface area contributed by atoms with Crippen molar-refractivity contribution >= 4 is 34.0 Å². The number of hydrogen-bond donors (Lipinski definition) is 1. The van der Waals surface area contributed by atoms with Gasteiger partial charge in [0.25, 0.3) is 0 Å². The molecule has 0 unspecified atom stereocenters. The molecule has 0 saturated carbocycles. The van der Waals surface area contributed by atoms with Gasteiger partial charge < -0.3 is 9.88 Å². The summed E-state index contributed by atoms with van der Waals surface area (Å²) in [7, 11) is 0. The highest BCUT2D eigenvalue weighted by Gasteiger charge is 2.20. The Morgan fingerprint density at radius 3 is 2.65 bits per heavy atom. The van der Waals surface area contributed by atoms with Gasteiger partial charge in [-0.3, -0.25) is 4.79 Å². The first-order valence-electron chi connectivity index (χ1n) is 10.6. The number of rotatable bonds is 6. The van der Waals surface area contributed by atoms with Crippen LogP contribution in [0.5, 0.6) is 0 Å². The number of amides is 1. The van der Waals surface area contributed by atoms with E-state index in [0.717, 1.165) is 22.0 Å². The van der Waals surface area contributed by atoms with E-state index in [0.29, 0.717) is 16.9 Å². The van der Waals surface area contributed by atoms with Gasteiger partial charge in [0.05, 0.1) is 36.9 Å². The largest absolute Gasteiger partial charge is 0.351 e. The van der Waals surface area contributed by atoms with Crippen LogP contribution in [0.15, 0.2) is 85.5 Å². The van der Waals surface area contributed by atoms with Crippen LogP contribution in [-0.2, 0) is 17.8 Å². The molecule has 8 heteroatoms. The Hall–Kier alpha value is -4.10. The van der Waals surface area contributed by atoms with Gasteiger partial charge in [-0.2, -0.15) is 10.2 Å². The summed E-state index contributed by atoms with van der Waals surface area (Å²) in [6, 6.07) is 19.4. The number of imidazole rings is 1. The quantitative estimate of drug-likeness (QED) is 0.350. The monoisotopic (exact) mass is 471 g/mol. The van der Waals surface area contributed by atoms with Crippen LogP contribution in [0.2, 0.25) is 5.02 Å². The molecule has 5 aromatic rings. The molecule has 0 bridgehead atoms. The van der Waals surface area contributed by atoms with Gasteiger partial charge in [-0.15, -0.1) is 0 Å². The molecule has 1 amide bonds. The molecule has 34 heavy (non-hydrogen) atoms. The molecule has 0 aliphatic rings. The Morgan fingerprint density at radius 2 is 1.88 bits per heavy atom. The summed E-state index contributed by atoms with van der Waals surface area (Å²) in [5, 5.41) is 10.3. The third-order valence-corrected chi connectivity index (χ3v) is 5.72. The van der Waals surface area contributed by atoms with Crippen molar-refractivity contribution in [2.75, 3.05) is 4.90 Å². The molecule has 6 nitrogen and oxygen atoms in total. The number of hydrogen-bond acceptors (Lipinski definition) is 4. The SMILES string of the molecule is O=C(Cc1nncc2ccccc12)N(Cc1cc(F)cc(Cl)c1)c1ccc(-c2c[nH]cn2)cc1. The summed E-state index contributed by atoms with van der Waals surface area (Å²) in [5.74, 6) is -0.651. The van der Waals surface area contributed by atoms with E-state index >= 15 is 0 Å². The molecule has 1 N–H and O–H groups in total. The van der Waals surface area contributed by atoms with Gasteiger partial charge in [-0.05, 0) is 35.9 Å². The number of fused-ring (bicyclic) bond motifs is 1. The van der Waals surface area contributed by atoms with Crippen LogP contribution < -0.4 is 4.90 Å². The summed E-state index contributed by atoms with van der Waals surface area (Å²) in [6.45, 7) is 0.149. The standard InChI is InChI=1S/C26H19ClFN5O/c27-20-9-17(10-21(28)11-20)15-33(22-7-5-18(6-8-22)25-14-29-16-30-25)26(34)12-24-23-4-2-1-3-19(23)13-31-32-24/h1-11,13-14,16H,12,15H2,(H,29,30). The summed E-state index contributed by atoms with van der Waals surface area (Å²) in [6.07, 6.45) is 5.12. The predicted molar refractivity (Wildman–Crippen MR) is 130 cm³/mol. The molecule has 3 aromatic carbocycles. The second kappa shape index (κ2) is 9.41.